The number of carbonyl (C=O) groups is 1. The lowest BCUT2D eigenvalue weighted by molar-refractivity contribution is -0.137. The molecule has 3 unspecified atom stereocenters. The monoisotopic (exact) mass is 381 g/mol. The van der Waals surface area contributed by atoms with Crippen molar-refractivity contribution in [1.82, 2.24) is 9.80 Å². The zero-order chi connectivity index (χ0) is 20.1. The van der Waals surface area contributed by atoms with Crippen LogP contribution in [-0.2, 0) is 4.79 Å². The van der Waals surface area contributed by atoms with Gasteiger partial charge < -0.3 is 15.4 Å². The Morgan fingerprint density at radius 1 is 0.964 bits per heavy atom. The van der Waals surface area contributed by atoms with E-state index in [2.05, 4.69) is 24.0 Å². The maximum Gasteiger partial charge on any atom is 0.227 e. The Bertz CT molecular complexity index is 772. The molecule has 1 fully saturated rings. The molecule has 0 saturated carbocycles. The number of hydrogen-bond acceptors (Lipinski definition) is 4. The highest BCUT2D eigenvalue weighted by Gasteiger charge is 2.30. The lowest BCUT2D eigenvalue weighted by Crippen LogP contribution is -2.51. The van der Waals surface area contributed by atoms with Gasteiger partial charge in [-0.05, 0) is 30.2 Å². The summed E-state index contributed by atoms with van der Waals surface area (Å²) in [6, 6.07) is 18.1. The van der Waals surface area contributed by atoms with Crippen LogP contribution in [-0.4, -0.2) is 49.0 Å². The summed E-state index contributed by atoms with van der Waals surface area (Å²) in [5.41, 5.74) is 8.60. The fourth-order valence-electron chi connectivity index (χ4n) is 3.85. The molecular formula is C23H31N3O2. The summed E-state index contributed by atoms with van der Waals surface area (Å²) in [7, 11) is 1.69. The second kappa shape index (κ2) is 9.22. The number of methoxy groups -OCH3 is 1. The van der Waals surface area contributed by atoms with Crippen molar-refractivity contribution < 1.29 is 9.53 Å². The van der Waals surface area contributed by atoms with Crippen molar-refractivity contribution in [3.05, 3.63) is 65.7 Å². The Labute approximate surface area is 168 Å². The summed E-state index contributed by atoms with van der Waals surface area (Å²) >= 11 is 0. The van der Waals surface area contributed by atoms with E-state index >= 15 is 0 Å². The van der Waals surface area contributed by atoms with Crippen molar-refractivity contribution in [3.8, 4) is 5.75 Å². The van der Waals surface area contributed by atoms with Crippen molar-refractivity contribution in [2.45, 2.75) is 25.9 Å². The van der Waals surface area contributed by atoms with E-state index in [0.717, 1.165) is 37.5 Å². The molecule has 5 heteroatoms. The van der Waals surface area contributed by atoms with Gasteiger partial charge in [0.05, 0.1) is 13.0 Å². The van der Waals surface area contributed by atoms with Crippen molar-refractivity contribution in [3.63, 3.8) is 0 Å². The fraction of sp³-hybridized carbons (Fsp3) is 0.435. The van der Waals surface area contributed by atoms with Crippen LogP contribution >= 0.6 is 0 Å². The van der Waals surface area contributed by atoms with E-state index in [1.54, 1.807) is 7.11 Å². The minimum atomic E-state index is -0.276. The SMILES string of the molecule is COc1cccc(C(C)N2CCN(C(=O)C(C)C(N)c3ccccc3)CC2)c1. The number of hydrogen-bond donors (Lipinski definition) is 1. The molecule has 3 rings (SSSR count). The zero-order valence-corrected chi connectivity index (χ0v) is 17.0. The molecule has 1 aliphatic heterocycles. The molecule has 1 heterocycles. The van der Waals surface area contributed by atoms with Crippen LogP contribution in [0.2, 0.25) is 0 Å². The number of carbonyl (C=O) groups excluding carboxylic acids is 1. The third kappa shape index (κ3) is 4.54. The Morgan fingerprint density at radius 3 is 2.25 bits per heavy atom. The molecule has 0 spiro atoms. The predicted octanol–water partition coefficient (Wildman–Crippen LogP) is 3.24. The number of ether oxygens (including phenoxy) is 1. The van der Waals surface area contributed by atoms with E-state index in [4.69, 9.17) is 10.5 Å². The van der Waals surface area contributed by atoms with Crippen LogP contribution in [0.4, 0.5) is 0 Å². The van der Waals surface area contributed by atoms with Crippen molar-refractivity contribution in [1.29, 1.82) is 0 Å². The molecule has 150 valence electrons. The van der Waals surface area contributed by atoms with Crippen LogP contribution in [0.1, 0.15) is 37.1 Å². The average Bonchev–Trinajstić information content (AvgIpc) is 2.77. The molecule has 0 bridgehead atoms. The van der Waals surface area contributed by atoms with Gasteiger partial charge in [-0.25, -0.2) is 0 Å². The van der Waals surface area contributed by atoms with Gasteiger partial charge in [-0.3, -0.25) is 9.69 Å². The fourth-order valence-corrected chi connectivity index (χ4v) is 3.85. The Hall–Kier alpha value is -2.37. The minimum absolute atomic E-state index is 0.144. The van der Waals surface area contributed by atoms with Gasteiger partial charge in [0.2, 0.25) is 5.91 Å². The lowest BCUT2D eigenvalue weighted by atomic mass is 9.94. The van der Waals surface area contributed by atoms with Crippen LogP contribution in [0.15, 0.2) is 54.6 Å². The van der Waals surface area contributed by atoms with Gasteiger partial charge in [0, 0.05) is 38.3 Å². The first-order valence-corrected chi connectivity index (χ1v) is 9.98. The Balaban J connectivity index is 1.57. The molecule has 3 atom stereocenters. The molecule has 1 amide bonds. The summed E-state index contributed by atoms with van der Waals surface area (Å²) in [5.74, 6) is 0.789. The van der Waals surface area contributed by atoms with E-state index in [-0.39, 0.29) is 23.9 Å². The van der Waals surface area contributed by atoms with Gasteiger partial charge in [0.15, 0.2) is 0 Å². The highest BCUT2D eigenvalue weighted by Crippen LogP contribution is 2.26. The smallest absolute Gasteiger partial charge is 0.227 e. The summed E-state index contributed by atoms with van der Waals surface area (Å²) in [4.78, 5) is 17.3. The first-order valence-electron chi connectivity index (χ1n) is 9.98. The molecule has 1 saturated heterocycles. The number of piperazine rings is 1. The topological polar surface area (TPSA) is 58.8 Å². The van der Waals surface area contributed by atoms with E-state index in [0.29, 0.717) is 0 Å². The van der Waals surface area contributed by atoms with Crippen molar-refractivity contribution in [2.24, 2.45) is 11.7 Å². The summed E-state index contributed by atoms with van der Waals surface area (Å²) in [5, 5.41) is 0. The molecule has 28 heavy (non-hydrogen) atoms. The molecule has 0 radical (unpaired) electrons. The number of nitrogens with two attached hydrogens (primary N) is 1. The van der Waals surface area contributed by atoms with Crippen molar-refractivity contribution in [2.75, 3.05) is 33.3 Å². The normalized spacial score (nSPS) is 18.4. The molecule has 2 N–H and O–H groups in total. The molecule has 5 nitrogen and oxygen atoms in total. The Kier molecular flexibility index (Phi) is 6.70. The first-order chi connectivity index (χ1) is 13.5. The molecule has 0 aliphatic carbocycles. The number of benzene rings is 2. The predicted molar refractivity (Wildman–Crippen MR) is 112 cm³/mol. The van der Waals surface area contributed by atoms with Gasteiger partial charge in [0.1, 0.15) is 5.75 Å². The number of rotatable bonds is 6. The summed E-state index contributed by atoms with van der Waals surface area (Å²) < 4.78 is 5.34. The highest BCUT2D eigenvalue weighted by molar-refractivity contribution is 5.79. The van der Waals surface area contributed by atoms with E-state index < -0.39 is 0 Å². The molecule has 2 aromatic carbocycles. The molecular weight excluding hydrogens is 350 g/mol. The highest BCUT2D eigenvalue weighted by atomic mass is 16.5. The second-order valence-corrected chi connectivity index (χ2v) is 7.54. The van der Waals surface area contributed by atoms with Crippen molar-refractivity contribution >= 4 is 5.91 Å². The lowest BCUT2D eigenvalue weighted by Gasteiger charge is -2.39. The first kappa shape index (κ1) is 20.4. The number of amides is 1. The average molecular weight is 382 g/mol. The van der Waals surface area contributed by atoms with E-state index in [9.17, 15) is 4.79 Å². The van der Waals surface area contributed by atoms with Crippen LogP contribution in [0.3, 0.4) is 0 Å². The standard InChI is InChI=1S/C23H31N3O2/c1-17(22(24)19-8-5-4-6-9-19)23(27)26-14-12-25(13-15-26)18(2)20-10-7-11-21(16-20)28-3/h4-11,16-18,22H,12-15,24H2,1-3H3. The van der Waals surface area contributed by atoms with E-state index in [1.165, 1.54) is 5.56 Å². The molecule has 1 aliphatic rings. The third-order valence-corrected chi connectivity index (χ3v) is 5.86. The van der Waals surface area contributed by atoms with Gasteiger partial charge in [-0.15, -0.1) is 0 Å². The molecule has 2 aromatic rings. The quantitative estimate of drug-likeness (QED) is 0.835. The van der Waals surface area contributed by atoms with Crippen LogP contribution in [0, 0.1) is 5.92 Å². The third-order valence-electron chi connectivity index (χ3n) is 5.86. The largest absolute Gasteiger partial charge is 0.497 e. The maximum absolute atomic E-state index is 13.0. The van der Waals surface area contributed by atoms with Gasteiger partial charge in [-0.1, -0.05) is 49.4 Å². The van der Waals surface area contributed by atoms with E-state index in [1.807, 2.05) is 54.3 Å². The summed E-state index contributed by atoms with van der Waals surface area (Å²) in [6.07, 6.45) is 0. The minimum Gasteiger partial charge on any atom is -0.497 e. The van der Waals surface area contributed by atoms with Gasteiger partial charge >= 0.3 is 0 Å². The second-order valence-electron chi connectivity index (χ2n) is 7.54. The summed E-state index contributed by atoms with van der Waals surface area (Å²) in [6.45, 7) is 7.33. The zero-order valence-electron chi connectivity index (χ0n) is 17.0. The van der Waals surface area contributed by atoms with Gasteiger partial charge in [0.25, 0.3) is 0 Å². The Morgan fingerprint density at radius 2 is 1.61 bits per heavy atom. The molecule has 0 aromatic heterocycles. The maximum atomic E-state index is 13.0. The van der Waals surface area contributed by atoms with Crippen LogP contribution < -0.4 is 10.5 Å². The van der Waals surface area contributed by atoms with Crippen LogP contribution in [0.25, 0.3) is 0 Å². The van der Waals surface area contributed by atoms with Gasteiger partial charge in [-0.2, -0.15) is 0 Å². The van der Waals surface area contributed by atoms with Crippen LogP contribution in [0.5, 0.6) is 5.75 Å². The number of nitrogens with zero attached hydrogens (tertiary/aromatic N) is 2.